The maximum absolute atomic E-state index is 9.40. The van der Waals surface area contributed by atoms with Gasteiger partial charge in [0.1, 0.15) is 23.9 Å². The molecule has 3 rings (SSSR count). The smallest absolute Gasteiger partial charge is 0.123 e. The zero-order chi connectivity index (χ0) is 13.2. The van der Waals surface area contributed by atoms with Crippen LogP contribution in [-0.2, 0) is 6.61 Å². The zero-order valence-corrected chi connectivity index (χ0v) is 10.1. The Kier molecular flexibility index (Phi) is 2.76. The summed E-state index contributed by atoms with van der Waals surface area (Å²) in [5.41, 5.74) is 1.87. The van der Waals surface area contributed by atoms with Crippen molar-refractivity contribution in [2.45, 2.75) is 6.61 Å². The highest BCUT2D eigenvalue weighted by molar-refractivity contribution is 5.84. The van der Waals surface area contributed by atoms with Gasteiger partial charge in [-0.1, -0.05) is 6.07 Å². The van der Waals surface area contributed by atoms with Gasteiger partial charge in [-0.3, -0.25) is 0 Å². The molecule has 0 saturated carbocycles. The van der Waals surface area contributed by atoms with Crippen molar-refractivity contribution in [3.05, 3.63) is 54.2 Å². The van der Waals surface area contributed by atoms with E-state index in [1.54, 1.807) is 36.4 Å². The van der Waals surface area contributed by atoms with Crippen molar-refractivity contribution in [1.29, 1.82) is 0 Å². The first-order chi connectivity index (χ1) is 9.22. The first-order valence-electron chi connectivity index (χ1n) is 5.93. The Balaban J connectivity index is 1.82. The second kappa shape index (κ2) is 4.57. The zero-order valence-electron chi connectivity index (χ0n) is 10.1. The number of benzene rings is 2. The summed E-state index contributed by atoms with van der Waals surface area (Å²) in [6, 6.07) is 11.9. The van der Waals surface area contributed by atoms with Crippen LogP contribution >= 0.6 is 0 Å². The van der Waals surface area contributed by atoms with E-state index in [9.17, 15) is 10.2 Å². The number of hydrogen-bond donors (Lipinski definition) is 3. The van der Waals surface area contributed by atoms with Crippen LogP contribution in [0.25, 0.3) is 10.9 Å². The summed E-state index contributed by atoms with van der Waals surface area (Å²) in [5.74, 6) is 1.03. The monoisotopic (exact) mass is 255 g/mol. The van der Waals surface area contributed by atoms with Crippen LogP contribution in [0.5, 0.6) is 17.2 Å². The topological polar surface area (TPSA) is 65.5 Å². The number of H-pyrrole nitrogens is 1. The molecule has 0 aliphatic heterocycles. The van der Waals surface area contributed by atoms with E-state index in [-0.39, 0.29) is 11.5 Å². The van der Waals surface area contributed by atoms with Crippen molar-refractivity contribution in [3.63, 3.8) is 0 Å². The SMILES string of the molecule is Oc1cccc(OCc2c[nH]c3cc(O)ccc23)c1. The third-order valence-electron chi connectivity index (χ3n) is 2.96. The predicted octanol–water partition coefficient (Wildman–Crippen LogP) is 3.16. The van der Waals surface area contributed by atoms with E-state index in [4.69, 9.17) is 4.74 Å². The van der Waals surface area contributed by atoms with Crippen molar-refractivity contribution in [2.75, 3.05) is 0 Å². The average molecular weight is 255 g/mol. The minimum absolute atomic E-state index is 0.182. The van der Waals surface area contributed by atoms with E-state index >= 15 is 0 Å². The fraction of sp³-hybridized carbons (Fsp3) is 0.0667. The highest BCUT2D eigenvalue weighted by atomic mass is 16.5. The Morgan fingerprint density at radius 3 is 2.68 bits per heavy atom. The van der Waals surface area contributed by atoms with Crippen molar-refractivity contribution in [2.24, 2.45) is 0 Å². The summed E-state index contributed by atoms with van der Waals surface area (Å²) in [5, 5.41) is 19.8. The van der Waals surface area contributed by atoms with Gasteiger partial charge in [-0.2, -0.15) is 0 Å². The lowest BCUT2D eigenvalue weighted by molar-refractivity contribution is 0.306. The van der Waals surface area contributed by atoms with E-state index in [2.05, 4.69) is 4.98 Å². The van der Waals surface area contributed by atoms with Crippen molar-refractivity contribution >= 4 is 10.9 Å². The number of rotatable bonds is 3. The maximum atomic E-state index is 9.40. The summed E-state index contributed by atoms with van der Waals surface area (Å²) in [6.45, 7) is 0.397. The average Bonchev–Trinajstić information content (AvgIpc) is 2.78. The third kappa shape index (κ3) is 2.33. The number of aromatic nitrogens is 1. The fourth-order valence-electron chi connectivity index (χ4n) is 2.03. The highest BCUT2D eigenvalue weighted by Crippen LogP contribution is 2.24. The maximum Gasteiger partial charge on any atom is 0.123 e. The van der Waals surface area contributed by atoms with Gasteiger partial charge in [0.05, 0.1) is 0 Å². The lowest BCUT2D eigenvalue weighted by atomic mass is 10.2. The van der Waals surface area contributed by atoms with Gasteiger partial charge in [-0.25, -0.2) is 0 Å². The van der Waals surface area contributed by atoms with Crippen LogP contribution in [0.2, 0.25) is 0 Å². The standard InChI is InChI=1S/C15H13NO3/c17-11-2-1-3-13(6-11)19-9-10-8-16-15-7-12(18)4-5-14(10)15/h1-8,16-18H,9H2. The number of nitrogens with one attached hydrogen (secondary N) is 1. The molecule has 0 radical (unpaired) electrons. The van der Waals surface area contributed by atoms with Crippen LogP contribution in [0.3, 0.4) is 0 Å². The summed E-state index contributed by atoms with van der Waals surface area (Å²) in [7, 11) is 0. The molecule has 0 saturated heterocycles. The number of aromatic hydroxyl groups is 2. The Labute approximate surface area is 109 Å². The number of fused-ring (bicyclic) bond motifs is 1. The van der Waals surface area contributed by atoms with Crippen LogP contribution in [-0.4, -0.2) is 15.2 Å². The van der Waals surface area contributed by atoms with Crippen LogP contribution in [0.15, 0.2) is 48.7 Å². The van der Waals surface area contributed by atoms with E-state index < -0.39 is 0 Å². The van der Waals surface area contributed by atoms with Crippen LogP contribution in [0.1, 0.15) is 5.56 Å². The van der Waals surface area contributed by atoms with E-state index in [1.807, 2.05) is 12.3 Å². The molecule has 0 aliphatic carbocycles. The predicted molar refractivity (Wildman–Crippen MR) is 72.4 cm³/mol. The Morgan fingerprint density at radius 1 is 1.00 bits per heavy atom. The van der Waals surface area contributed by atoms with Crippen molar-refractivity contribution < 1.29 is 14.9 Å². The molecule has 4 nitrogen and oxygen atoms in total. The molecule has 0 aliphatic rings. The number of phenols is 2. The Hall–Kier alpha value is -2.62. The van der Waals surface area contributed by atoms with Gasteiger partial charge in [0, 0.05) is 34.8 Å². The van der Waals surface area contributed by atoms with Crippen molar-refractivity contribution in [1.82, 2.24) is 4.98 Å². The quantitative estimate of drug-likeness (QED) is 0.673. The van der Waals surface area contributed by atoms with Gasteiger partial charge in [0.2, 0.25) is 0 Å². The van der Waals surface area contributed by atoms with Gasteiger partial charge in [0.15, 0.2) is 0 Å². The van der Waals surface area contributed by atoms with E-state index in [0.29, 0.717) is 12.4 Å². The summed E-state index contributed by atoms with van der Waals surface area (Å²) < 4.78 is 5.63. The molecular weight excluding hydrogens is 242 g/mol. The van der Waals surface area contributed by atoms with Gasteiger partial charge in [-0.05, 0) is 24.3 Å². The molecule has 1 aromatic heterocycles. The lowest BCUT2D eigenvalue weighted by Crippen LogP contribution is -1.93. The van der Waals surface area contributed by atoms with Gasteiger partial charge in [-0.15, -0.1) is 0 Å². The third-order valence-corrected chi connectivity index (χ3v) is 2.96. The molecule has 1 heterocycles. The van der Waals surface area contributed by atoms with Crippen LogP contribution in [0.4, 0.5) is 0 Å². The fourth-order valence-corrected chi connectivity index (χ4v) is 2.03. The molecular formula is C15H13NO3. The molecule has 3 aromatic rings. The normalized spacial score (nSPS) is 10.7. The summed E-state index contributed by atoms with van der Waals surface area (Å²) in [4.78, 5) is 3.09. The Bertz CT molecular complexity index is 718. The summed E-state index contributed by atoms with van der Waals surface area (Å²) >= 11 is 0. The van der Waals surface area contributed by atoms with Gasteiger partial charge >= 0.3 is 0 Å². The van der Waals surface area contributed by atoms with E-state index in [1.165, 1.54) is 0 Å². The van der Waals surface area contributed by atoms with Crippen molar-refractivity contribution in [3.8, 4) is 17.2 Å². The molecule has 3 N–H and O–H groups in total. The second-order valence-electron chi connectivity index (χ2n) is 4.33. The first-order valence-corrected chi connectivity index (χ1v) is 5.93. The number of phenolic OH excluding ortho intramolecular Hbond substituents is 2. The molecule has 0 fully saturated rings. The molecule has 2 aromatic carbocycles. The minimum atomic E-state index is 0.182. The molecule has 0 unspecified atom stereocenters. The molecule has 0 atom stereocenters. The number of aromatic amines is 1. The molecule has 0 amide bonds. The van der Waals surface area contributed by atoms with Crippen LogP contribution < -0.4 is 4.74 Å². The van der Waals surface area contributed by atoms with Gasteiger partial charge in [0.25, 0.3) is 0 Å². The first kappa shape index (κ1) is 11.5. The van der Waals surface area contributed by atoms with Gasteiger partial charge < -0.3 is 19.9 Å². The molecule has 0 spiro atoms. The molecule has 19 heavy (non-hydrogen) atoms. The van der Waals surface area contributed by atoms with E-state index in [0.717, 1.165) is 16.5 Å². The number of hydrogen-bond acceptors (Lipinski definition) is 3. The molecule has 4 heteroatoms. The largest absolute Gasteiger partial charge is 0.508 e. The molecule has 96 valence electrons. The number of ether oxygens (including phenoxy) is 1. The second-order valence-corrected chi connectivity index (χ2v) is 4.33. The minimum Gasteiger partial charge on any atom is -0.508 e. The molecule has 0 bridgehead atoms. The van der Waals surface area contributed by atoms with Crippen LogP contribution in [0, 0.1) is 0 Å². The lowest BCUT2D eigenvalue weighted by Gasteiger charge is -2.05. The Morgan fingerprint density at radius 2 is 1.84 bits per heavy atom. The highest BCUT2D eigenvalue weighted by Gasteiger charge is 2.05. The summed E-state index contributed by atoms with van der Waals surface area (Å²) in [6.07, 6.45) is 1.85.